The average molecular weight is 268 g/mol. The molecule has 2 rings (SSSR count). The minimum atomic E-state index is 0.462. The van der Waals surface area contributed by atoms with E-state index in [1.54, 1.807) is 0 Å². The summed E-state index contributed by atoms with van der Waals surface area (Å²) in [4.78, 5) is 0. The zero-order chi connectivity index (χ0) is 13.0. The molecule has 1 fully saturated rings. The molecule has 3 heteroatoms. The van der Waals surface area contributed by atoms with Gasteiger partial charge in [-0.15, -0.1) is 0 Å². The van der Waals surface area contributed by atoms with Crippen LogP contribution >= 0.6 is 11.6 Å². The second kappa shape index (κ2) is 6.44. The Kier molecular flexibility index (Phi) is 4.90. The van der Waals surface area contributed by atoms with Gasteiger partial charge in [0, 0.05) is 11.1 Å². The Morgan fingerprint density at radius 3 is 2.72 bits per heavy atom. The van der Waals surface area contributed by atoms with Crippen molar-refractivity contribution in [2.75, 3.05) is 13.7 Å². The predicted molar refractivity (Wildman–Crippen MR) is 76.5 cm³/mol. The lowest BCUT2D eigenvalue weighted by molar-refractivity contribution is 0.225. The maximum Gasteiger partial charge on any atom is 0.119 e. The molecule has 1 unspecified atom stereocenters. The molecule has 0 radical (unpaired) electrons. The molecule has 0 saturated heterocycles. The second-order valence-electron chi connectivity index (χ2n) is 5.16. The van der Waals surface area contributed by atoms with E-state index in [2.05, 4.69) is 5.32 Å². The van der Waals surface area contributed by atoms with Crippen LogP contribution in [0, 0.1) is 12.8 Å². The molecule has 0 aromatic heterocycles. The van der Waals surface area contributed by atoms with Crippen LogP contribution in [0.15, 0.2) is 18.2 Å². The number of ether oxygens (including phenoxy) is 1. The third kappa shape index (κ3) is 3.39. The Hall–Kier alpha value is -0.730. The molecule has 1 aromatic rings. The number of hydrogen-bond donors (Lipinski definition) is 1. The van der Waals surface area contributed by atoms with Gasteiger partial charge in [-0.05, 0) is 56.5 Å². The van der Waals surface area contributed by atoms with Crippen molar-refractivity contribution in [3.63, 3.8) is 0 Å². The van der Waals surface area contributed by atoms with Crippen molar-refractivity contribution in [3.05, 3.63) is 28.8 Å². The quantitative estimate of drug-likeness (QED) is 0.876. The van der Waals surface area contributed by atoms with Crippen molar-refractivity contribution >= 4 is 11.6 Å². The molecule has 1 aromatic carbocycles. The van der Waals surface area contributed by atoms with Crippen LogP contribution in [-0.2, 0) is 0 Å². The molecule has 1 saturated carbocycles. The lowest BCUT2D eigenvalue weighted by Crippen LogP contribution is -2.37. The first kappa shape index (κ1) is 13.7. The average Bonchev–Trinajstić information content (AvgIpc) is 2.88. The third-order valence-electron chi connectivity index (χ3n) is 3.90. The zero-order valence-electron chi connectivity index (χ0n) is 11.2. The maximum absolute atomic E-state index is 6.01. The van der Waals surface area contributed by atoms with Gasteiger partial charge in [0.1, 0.15) is 12.4 Å². The molecule has 1 atom stereocenters. The third-order valence-corrected chi connectivity index (χ3v) is 4.32. The van der Waals surface area contributed by atoms with Crippen LogP contribution in [0.5, 0.6) is 5.75 Å². The van der Waals surface area contributed by atoms with Crippen LogP contribution in [0.4, 0.5) is 0 Å². The molecular formula is C15H22ClNO. The highest BCUT2D eigenvalue weighted by atomic mass is 35.5. The highest BCUT2D eigenvalue weighted by Gasteiger charge is 2.24. The normalized spacial score (nSPS) is 17.9. The fourth-order valence-corrected chi connectivity index (χ4v) is 2.83. The summed E-state index contributed by atoms with van der Waals surface area (Å²) in [6.07, 6.45) is 5.38. The van der Waals surface area contributed by atoms with Gasteiger partial charge in [0.2, 0.25) is 0 Å². The Balaban J connectivity index is 1.90. The molecule has 100 valence electrons. The highest BCUT2D eigenvalue weighted by Crippen LogP contribution is 2.28. The fraction of sp³-hybridized carbons (Fsp3) is 0.600. The molecule has 1 aliphatic rings. The minimum absolute atomic E-state index is 0.462. The van der Waals surface area contributed by atoms with E-state index >= 15 is 0 Å². The summed E-state index contributed by atoms with van der Waals surface area (Å²) in [6.45, 7) is 2.74. The molecular weight excluding hydrogens is 246 g/mol. The summed E-state index contributed by atoms with van der Waals surface area (Å²) in [5.74, 6) is 1.68. The molecule has 2 nitrogen and oxygen atoms in total. The maximum atomic E-state index is 6.01. The summed E-state index contributed by atoms with van der Waals surface area (Å²) in [5, 5.41) is 4.18. The van der Waals surface area contributed by atoms with Crippen LogP contribution in [0.2, 0.25) is 5.02 Å². The van der Waals surface area contributed by atoms with Gasteiger partial charge < -0.3 is 10.1 Å². The topological polar surface area (TPSA) is 21.3 Å². The van der Waals surface area contributed by atoms with E-state index in [1.165, 1.54) is 25.7 Å². The zero-order valence-corrected chi connectivity index (χ0v) is 12.0. The summed E-state index contributed by atoms with van der Waals surface area (Å²) < 4.78 is 5.89. The second-order valence-corrected chi connectivity index (χ2v) is 5.57. The Labute approximate surface area is 115 Å². The Bertz CT molecular complexity index is 388. The number of likely N-dealkylation sites (N-methyl/N-ethyl adjacent to an activating group) is 1. The van der Waals surface area contributed by atoms with E-state index in [1.807, 2.05) is 32.2 Å². The first-order valence-corrected chi connectivity index (χ1v) is 7.14. The molecule has 18 heavy (non-hydrogen) atoms. The van der Waals surface area contributed by atoms with Crippen molar-refractivity contribution < 1.29 is 4.74 Å². The van der Waals surface area contributed by atoms with Crippen LogP contribution < -0.4 is 10.1 Å². The molecule has 0 aliphatic heterocycles. The van der Waals surface area contributed by atoms with Crippen LogP contribution in [0.1, 0.15) is 31.2 Å². The van der Waals surface area contributed by atoms with Gasteiger partial charge in [0.25, 0.3) is 0 Å². The first-order valence-electron chi connectivity index (χ1n) is 6.77. The van der Waals surface area contributed by atoms with E-state index in [0.717, 1.165) is 28.9 Å². The van der Waals surface area contributed by atoms with Gasteiger partial charge in [-0.2, -0.15) is 0 Å². The Morgan fingerprint density at radius 2 is 2.11 bits per heavy atom. The van der Waals surface area contributed by atoms with E-state index < -0.39 is 0 Å². The monoisotopic (exact) mass is 267 g/mol. The van der Waals surface area contributed by atoms with Crippen molar-refractivity contribution in [1.29, 1.82) is 0 Å². The van der Waals surface area contributed by atoms with E-state index in [9.17, 15) is 0 Å². The molecule has 1 N–H and O–H groups in total. The highest BCUT2D eigenvalue weighted by molar-refractivity contribution is 6.31. The van der Waals surface area contributed by atoms with Crippen molar-refractivity contribution in [2.24, 2.45) is 5.92 Å². The number of halogens is 1. The smallest absolute Gasteiger partial charge is 0.119 e. The van der Waals surface area contributed by atoms with Crippen molar-refractivity contribution in [2.45, 2.75) is 38.6 Å². The van der Waals surface area contributed by atoms with Crippen molar-refractivity contribution in [1.82, 2.24) is 5.32 Å². The fourth-order valence-electron chi connectivity index (χ4n) is 2.71. The number of hydrogen-bond acceptors (Lipinski definition) is 2. The SMILES string of the molecule is CNC(COc1ccc(Cl)c(C)c1)C1CCCC1. The Morgan fingerprint density at radius 1 is 1.39 bits per heavy atom. The summed E-state index contributed by atoms with van der Waals surface area (Å²) in [5.41, 5.74) is 1.07. The summed E-state index contributed by atoms with van der Waals surface area (Å²) in [7, 11) is 2.03. The first-order chi connectivity index (χ1) is 8.70. The van der Waals surface area contributed by atoms with Gasteiger partial charge in [-0.1, -0.05) is 24.4 Å². The van der Waals surface area contributed by atoms with Gasteiger partial charge in [-0.25, -0.2) is 0 Å². The molecule has 0 amide bonds. The van der Waals surface area contributed by atoms with Crippen LogP contribution in [0.3, 0.4) is 0 Å². The van der Waals surface area contributed by atoms with E-state index in [0.29, 0.717) is 6.04 Å². The molecule has 1 aliphatic carbocycles. The minimum Gasteiger partial charge on any atom is -0.492 e. The van der Waals surface area contributed by atoms with Crippen molar-refractivity contribution in [3.8, 4) is 5.75 Å². The lowest BCUT2D eigenvalue weighted by Gasteiger charge is -2.23. The molecule has 0 spiro atoms. The van der Waals surface area contributed by atoms with E-state index in [4.69, 9.17) is 16.3 Å². The lowest BCUT2D eigenvalue weighted by atomic mass is 9.99. The van der Waals surface area contributed by atoms with Gasteiger partial charge in [-0.3, -0.25) is 0 Å². The predicted octanol–water partition coefficient (Wildman–Crippen LogP) is 3.81. The van der Waals surface area contributed by atoms with Gasteiger partial charge >= 0.3 is 0 Å². The largest absolute Gasteiger partial charge is 0.492 e. The van der Waals surface area contributed by atoms with E-state index in [-0.39, 0.29) is 0 Å². The van der Waals surface area contributed by atoms with Crippen LogP contribution in [0.25, 0.3) is 0 Å². The number of aryl methyl sites for hydroxylation is 1. The van der Waals surface area contributed by atoms with Crippen LogP contribution in [-0.4, -0.2) is 19.7 Å². The number of benzene rings is 1. The number of rotatable bonds is 5. The molecule has 0 heterocycles. The molecule has 0 bridgehead atoms. The summed E-state index contributed by atoms with van der Waals surface area (Å²) in [6, 6.07) is 6.31. The number of nitrogens with one attached hydrogen (secondary N) is 1. The summed E-state index contributed by atoms with van der Waals surface area (Å²) >= 11 is 6.01. The van der Waals surface area contributed by atoms with Gasteiger partial charge in [0.15, 0.2) is 0 Å². The standard InChI is InChI=1S/C15H22ClNO/c1-11-9-13(7-8-14(11)16)18-10-15(17-2)12-5-3-4-6-12/h7-9,12,15,17H,3-6,10H2,1-2H3. The van der Waals surface area contributed by atoms with Gasteiger partial charge in [0.05, 0.1) is 0 Å².